The third-order valence-electron chi connectivity index (χ3n) is 3.91. The monoisotopic (exact) mass is 325 g/mol. The van der Waals surface area contributed by atoms with Gasteiger partial charge in [0.25, 0.3) is 0 Å². The molecular formula is C16H24BrNO. The molecule has 0 spiro atoms. The predicted molar refractivity (Wildman–Crippen MR) is 83.3 cm³/mol. The minimum Gasteiger partial charge on any atom is -0.489 e. The van der Waals surface area contributed by atoms with Crippen molar-refractivity contribution >= 4 is 15.9 Å². The molecule has 1 aliphatic rings. The Balaban J connectivity index is 2.06. The van der Waals surface area contributed by atoms with Crippen molar-refractivity contribution in [1.82, 2.24) is 0 Å². The molecule has 2 nitrogen and oxygen atoms in total. The Hall–Kier alpha value is -0.540. The van der Waals surface area contributed by atoms with Gasteiger partial charge in [-0.15, -0.1) is 0 Å². The molecule has 0 heterocycles. The Labute approximate surface area is 124 Å². The molecule has 1 aliphatic carbocycles. The maximum Gasteiger partial charge on any atom is 0.133 e. The number of hydrogen-bond acceptors (Lipinski definition) is 2. The second kappa shape index (κ2) is 6.27. The van der Waals surface area contributed by atoms with Gasteiger partial charge in [-0.1, -0.05) is 19.9 Å². The number of hydrogen-bond donors (Lipinski definition) is 1. The van der Waals surface area contributed by atoms with Gasteiger partial charge in [-0.25, -0.2) is 0 Å². The largest absolute Gasteiger partial charge is 0.489 e. The van der Waals surface area contributed by atoms with Crippen LogP contribution in [0.5, 0.6) is 5.75 Å². The number of ether oxygens (including phenoxy) is 1. The van der Waals surface area contributed by atoms with Crippen molar-refractivity contribution in [3.63, 3.8) is 0 Å². The van der Waals surface area contributed by atoms with Crippen molar-refractivity contribution in [2.24, 2.45) is 17.6 Å². The molecule has 0 radical (unpaired) electrons. The van der Waals surface area contributed by atoms with Crippen LogP contribution in [0.4, 0.5) is 0 Å². The van der Waals surface area contributed by atoms with Gasteiger partial charge in [0.1, 0.15) is 5.75 Å². The van der Waals surface area contributed by atoms with Gasteiger partial charge in [-0.2, -0.15) is 0 Å². The van der Waals surface area contributed by atoms with E-state index in [0.29, 0.717) is 6.10 Å². The molecule has 2 rings (SSSR count). The molecule has 0 saturated heterocycles. The van der Waals surface area contributed by atoms with Crippen LogP contribution in [0.1, 0.15) is 51.6 Å². The van der Waals surface area contributed by atoms with Crippen LogP contribution in [0.2, 0.25) is 0 Å². The van der Waals surface area contributed by atoms with Gasteiger partial charge in [-0.05, 0) is 71.6 Å². The molecule has 0 amide bonds. The van der Waals surface area contributed by atoms with E-state index in [4.69, 9.17) is 10.5 Å². The molecule has 3 heteroatoms. The summed E-state index contributed by atoms with van der Waals surface area (Å²) in [5, 5.41) is 0. The molecule has 2 N–H and O–H groups in total. The lowest BCUT2D eigenvalue weighted by Gasteiger charge is -2.32. The first-order chi connectivity index (χ1) is 8.95. The highest BCUT2D eigenvalue weighted by Crippen LogP contribution is 2.34. The van der Waals surface area contributed by atoms with Crippen LogP contribution in [0, 0.1) is 11.8 Å². The Morgan fingerprint density at radius 3 is 2.37 bits per heavy atom. The lowest BCUT2D eigenvalue weighted by atomic mass is 9.82. The lowest BCUT2D eigenvalue weighted by molar-refractivity contribution is 0.100. The number of nitrogens with two attached hydrogens (primary N) is 1. The topological polar surface area (TPSA) is 35.2 Å². The summed E-state index contributed by atoms with van der Waals surface area (Å²) in [6.45, 7) is 6.63. The van der Waals surface area contributed by atoms with Gasteiger partial charge in [-0.3, -0.25) is 0 Å². The van der Waals surface area contributed by atoms with E-state index in [-0.39, 0.29) is 6.04 Å². The molecule has 1 fully saturated rings. The van der Waals surface area contributed by atoms with E-state index in [1.807, 2.05) is 13.0 Å². The van der Waals surface area contributed by atoms with E-state index < -0.39 is 0 Å². The third kappa shape index (κ3) is 3.96. The van der Waals surface area contributed by atoms with Gasteiger partial charge in [0, 0.05) is 6.04 Å². The number of halogens is 1. The molecule has 2 unspecified atom stereocenters. The van der Waals surface area contributed by atoms with Crippen LogP contribution in [-0.4, -0.2) is 6.10 Å². The average molecular weight is 326 g/mol. The van der Waals surface area contributed by atoms with Crippen molar-refractivity contribution in [3.05, 3.63) is 28.2 Å². The van der Waals surface area contributed by atoms with Crippen LogP contribution in [0.15, 0.2) is 22.7 Å². The van der Waals surface area contributed by atoms with E-state index in [2.05, 4.69) is 41.9 Å². The maximum atomic E-state index is 6.17. The van der Waals surface area contributed by atoms with Crippen LogP contribution in [0.3, 0.4) is 0 Å². The number of rotatable bonds is 3. The molecule has 19 heavy (non-hydrogen) atoms. The summed E-state index contributed by atoms with van der Waals surface area (Å²) in [4.78, 5) is 0. The van der Waals surface area contributed by atoms with Gasteiger partial charge >= 0.3 is 0 Å². The molecule has 0 aliphatic heterocycles. The standard InChI is InChI=1S/C16H24BrNO/c1-10-6-11(2)8-14(7-10)19-16-5-4-13(12(3)18)9-15(16)17/h4-5,9-12,14H,6-8,18H2,1-3H3/t10?,11?,12-,14?/m0/s1. The highest BCUT2D eigenvalue weighted by molar-refractivity contribution is 9.10. The molecule has 0 aromatic heterocycles. The quantitative estimate of drug-likeness (QED) is 0.876. The Morgan fingerprint density at radius 1 is 1.21 bits per heavy atom. The second-order valence-corrected chi connectivity index (χ2v) is 6.99. The van der Waals surface area contributed by atoms with E-state index in [0.717, 1.165) is 40.5 Å². The Bertz CT molecular complexity index is 423. The Kier molecular flexibility index (Phi) is 4.91. The van der Waals surface area contributed by atoms with Gasteiger partial charge in [0.2, 0.25) is 0 Å². The van der Waals surface area contributed by atoms with Gasteiger partial charge in [0.15, 0.2) is 0 Å². The van der Waals surface area contributed by atoms with E-state index in [1.54, 1.807) is 0 Å². The fraction of sp³-hybridized carbons (Fsp3) is 0.625. The van der Waals surface area contributed by atoms with E-state index in [9.17, 15) is 0 Å². The molecule has 3 atom stereocenters. The highest BCUT2D eigenvalue weighted by atomic mass is 79.9. The molecule has 106 valence electrons. The average Bonchev–Trinajstić information content (AvgIpc) is 2.30. The first kappa shape index (κ1) is 14.9. The van der Waals surface area contributed by atoms with Crippen molar-refractivity contribution in [3.8, 4) is 5.75 Å². The molecule has 0 bridgehead atoms. The number of benzene rings is 1. The highest BCUT2D eigenvalue weighted by Gasteiger charge is 2.25. The Morgan fingerprint density at radius 2 is 1.84 bits per heavy atom. The summed E-state index contributed by atoms with van der Waals surface area (Å²) >= 11 is 3.59. The van der Waals surface area contributed by atoms with Crippen molar-refractivity contribution in [1.29, 1.82) is 0 Å². The molecule has 1 saturated carbocycles. The summed E-state index contributed by atoms with van der Waals surface area (Å²) in [5.41, 5.74) is 7.02. The van der Waals surface area contributed by atoms with Crippen LogP contribution < -0.4 is 10.5 Å². The minimum atomic E-state index is 0.0556. The molecule has 1 aromatic carbocycles. The van der Waals surface area contributed by atoms with Crippen molar-refractivity contribution in [2.45, 2.75) is 52.2 Å². The first-order valence-electron chi connectivity index (χ1n) is 7.17. The second-order valence-electron chi connectivity index (χ2n) is 6.14. The van der Waals surface area contributed by atoms with Crippen LogP contribution >= 0.6 is 15.9 Å². The van der Waals surface area contributed by atoms with Crippen LogP contribution in [-0.2, 0) is 0 Å². The summed E-state index contributed by atoms with van der Waals surface area (Å²) in [6.07, 6.45) is 3.98. The summed E-state index contributed by atoms with van der Waals surface area (Å²) in [5.74, 6) is 2.46. The van der Waals surface area contributed by atoms with E-state index in [1.165, 1.54) is 6.42 Å². The zero-order chi connectivity index (χ0) is 14.0. The minimum absolute atomic E-state index is 0.0556. The SMILES string of the molecule is CC1CC(C)CC(Oc2ccc([C@H](C)N)cc2Br)C1. The zero-order valence-electron chi connectivity index (χ0n) is 12.0. The summed E-state index contributed by atoms with van der Waals surface area (Å²) in [7, 11) is 0. The predicted octanol–water partition coefficient (Wildman–Crippen LogP) is 4.67. The van der Waals surface area contributed by atoms with Crippen molar-refractivity contribution in [2.75, 3.05) is 0 Å². The third-order valence-corrected chi connectivity index (χ3v) is 4.53. The van der Waals surface area contributed by atoms with Crippen LogP contribution in [0.25, 0.3) is 0 Å². The summed E-state index contributed by atoms with van der Waals surface area (Å²) < 4.78 is 7.18. The lowest BCUT2D eigenvalue weighted by Crippen LogP contribution is -2.28. The van der Waals surface area contributed by atoms with Crippen molar-refractivity contribution < 1.29 is 4.74 Å². The van der Waals surface area contributed by atoms with E-state index >= 15 is 0 Å². The molecular weight excluding hydrogens is 302 g/mol. The molecule has 1 aromatic rings. The fourth-order valence-corrected chi connectivity index (χ4v) is 3.53. The van der Waals surface area contributed by atoms with Gasteiger partial charge < -0.3 is 10.5 Å². The smallest absolute Gasteiger partial charge is 0.133 e. The zero-order valence-corrected chi connectivity index (χ0v) is 13.6. The fourth-order valence-electron chi connectivity index (χ4n) is 3.04. The normalized spacial score (nSPS) is 29.0. The first-order valence-corrected chi connectivity index (χ1v) is 7.96. The summed E-state index contributed by atoms with van der Waals surface area (Å²) in [6, 6.07) is 6.21. The van der Waals surface area contributed by atoms with Gasteiger partial charge in [0.05, 0.1) is 10.6 Å². The maximum absolute atomic E-state index is 6.17.